The summed E-state index contributed by atoms with van der Waals surface area (Å²) in [6.07, 6.45) is 0.547. The van der Waals surface area contributed by atoms with Crippen molar-refractivity contribution in [2.75, 3.05) is 20.3 Å². The number of rotatable bonds is 11. The zero-order valence-electron chi connectivity index (χ0n) is 19.0. The minimum absolute atomic E-state index is 0.230. The van der Waals surface area contributed by atoms with Gasteiger partial charge in [0.15, 0.2) is 5.82 Å². The smallest absolute Gasteiger partial charge is 0.240 e. The topological polar surface area (TPSA) is 137 Å². The molecule has 0 saturated heterocycles. The average Bonchev–Trinajstić information content (AvgIpc) is 3.20. The maximum atomic E-state index is 12.6. The molecule has 10 heteroatoms. The Balaban J connectivity index is 1.69. The van der Waals surface area contributed by atoms with Crippen LogP contribution in [0.3, 0.4) is 0 Å². The molecule has 1 aromatic heterocycles. The molecule has 2 aromatic rings. The van der Waals surface area contributed by atoms with E-state index in [1.807, 2.05) is 34.9 Å². The molecule has 0 saturated carbocycles. The third kappa shape index (κ3) is 6.57. The molecule has 0 fully saturated rings. The van der Waals surface area contributed by atoms with Crippen LogP contribution < -0.4 is 16.4 Å². The molecular formula is C22H34N6O4. The maximum Gasteiger partial charge on any atom is 0.240 e. The molecule has 5 N–H and O–H groups in total. The highest BCUT2D eigenvalue weighted by Crippen LogP contribution is 2.24. The minimum atomic E-state index is -1.03. The van der Waals surface area contributed by atoms with Crippen molar-refractivity contribution in [3.05, 3.63) is 47.5 Å². The van der Waals surface area contributed by atoms with E-state index in [0.29, 0.717) is 32.0 Å². The van der Waals surface area contributed by atoms with Crippen molar-refractivity contribution < 1.29 is 19.4 Å². The summed E-state index contributed by atoms with van der Waals surface area (Å²) in [5.74, 6) is 1.42. The van der Waals surface area contributed by atoms with Crippen LogP contribution in [0.15, 0.2) is 30.3 Å². The van der Waals surface area contributed by atoms with Crippen molar-refractivity contribution in [3.8, 4) is 0 Å². The lowest BCUT2D eigenvalue weighted by molar-refractivity contribution is -0.127. The second-order valence-corrected chi connectivity index (χ2v) is 8.71. The molecule has 1 aromatic carbocycles. The molecule has 10 nitrogen and oxygen atoms in total. The zero-order chi connectivity index (χ0) is 23.1. The Morgan fingerprint density at radius 3 is 2.78 bits per heavy atom. The van der Waals surface area contributed by atoms with Gasteiger partial charge in [-0.3, -0.25) is 10.1 Å². The highest BCUT2D eigenvalue weighted by atomic mass is 16.6. The van der Waals surface area contributed by atoms with E-state index in [1.54, 1.807) is 20.9 Å². The Morgan fingerprint density at radius 1 is 1.34 bits per heavy atom. The second kappa shape index (κ2) is 11.0. The predicted octanol–water partition coefficient (Wildman–Crippen LogP) is 0.464. The summed E-state index contributed by atoms with van der Waals surface area (Å²) in [6, 6.07) is 9.37. The van der Waals surface area contributed by atoms with Gasteiger partial charge in [-0.15, -0.1) is 10.2 Å². The van der Waals surface area contributed by atoms with Crippen LogP contribution in [0.1, 0.15) is 43.5 Å². The summed E-state index contributed by atoms with van der Waals surface area (Å²) >= 11 is 0. The number of aliphatic hydroxyl groups excluding tert-OH is 1. The Labute approximate surface area is 188 Å². The monoisotopic (exact) mass is 446 g/mol. The number of aliphatic hydroxyl groups is 1. The SMILES string of the molecule is CNC(O)OCC1CCn2c(nnc2[C@@H](COCc2ccccc2)NC(=O)C(C)(C)N)C1. The van der Waals surface area contributed by atoms with Crippen LogP contribution in [0.2, 0.25) is 0 Å². The standard InChI is InChI=1S/C22H34N6O4/c1-22(2,23)20(29)25-17(14-31-12-15-7-5-4-6-8-15)19-27-26-18-11-16(9-10-28(18)19)13-32-21(30)24-3/h4-8,16-17,21,24,30H,9-14,23H2,1-3H3,(H,25,29)/t16?,17-,21?/m1/s1. The van der Waals surface area contributed by atoms with Crippen LogP contribution in [-0.4, -0.2) is 58.0 Å². The normalized spacial score (nSPS) is 18.1. The van der Waals surface area contributed by atoms with E-state index in [0.717, 1.165) is 17.8 Å². The van der Waals surface area contributed by atoms with Crippen molar-refractivity contribution in [2.45, 2.75) is 57.8 Å². The van der Waals surface area contributed by atoms with Gasteiger partial charge < -0.3 is 30.2 Å². The third-order valence-corrected chi connectivity index (χ3v) is 5.42. The summed E-state index contributed by atoms with van der Waals surface area (Å²) < 4.78 is 13.3. The van der Waals surface area contributed by atoms with E-state index in [1.165, 1.54) is 0 Å². The number of ether oxygens (including phenoxy) is 2. The Kier molecular flexibility index (Phi) is 8.32. The highest BCUT2D eigenvalue weighted by molar-refractivity contribution is 5.85. The lowest BCUT2D eigenvalue weighted by atomic mass is 9.98. The fourth-order valence-corrected chi connectivity index (χ4v) is 3.52. The van der Waals surface area contributed by atoms with Crippen LogP contribution in [0, 0.1) is 5.92 Å². The molecule has 0 spiro atoms. The summed E-state index contributed by atoms with van der Waals surface area (Å²) in [5.41, 5.74) is 6.01. The molecule has 32 heavy (non-hydrogen) atoms. The van der Waals surface area contributed by atoms with Crippen LogP contribution in [0.25, 0.3) is 0 Å². The van der Waals surface area contributed by atoms with E-state index in [-0.39, 0.29) is 18.4 Å². The Hall–Kier alpha value is -2.37. The first-order valence-corrected chi connectivity index (χ1v) is 10.9. The number of hydrogen-bond donors (Lipinski definition) is 4. The summed E-state index contributed by atoms with van der Waals surface area (Å²) in [5, 5.41) is 23.9. The van der Waals surface area contributed by atoms with Crippen LogP contribution in [0.5, 0.6) is 0 Å². The lowest BCUT2D eigenvalue weighted by Crippen LogP contribution is -2.51. The van der Waals surface area contributed by atoms with E-state index in [2.05, 4.69) is 20.8 Å². The molecular weight excluding hydrogens is 412 g/mol. The van der Waals surface area contributed by atoms with Gasteiger partial charge in [0.05, 0.1) is 25.4 Å². The first kappa shape index (κ1) is 24.3. The quantitative estimate of drug-likeness (QED) is 0.366. The second-order valence-electron chi connectivity index (χ2n) is 8.71. The van der Waals surface area contributed by atoms with Gasteiger partial charge in [0.1, 0.15) is 11.9 Å². The van der Waals surface area contributed by atoms with E-state index >= 15 is 0 Å². The molecule has 0 aliphatic carbocycles. The van der Waals surface area contributed by atoms with Gasteiger partial charge in [-0.2, -0.15) is 0 Å². The molecule has 2 heterocycles. The third-order valence-electron chi connectivity index (χ3n) is 5.42. The van der Waals surface area contributed by atoms with Gasteiger partial charge in [-0.1, -0.05) is 30.3 Å². The van der Waals surface area contributed by atoms with E-state index in [4.69, 9.17) is 15.2 Å². The van der Waals surface area contributed by atoms with Crippen LogP contribution in [-0.2, 0) is 33.8 Å². The van der Waals surface area contributed by atoms with Gasteiger partial charge >= 0.3 is 0 Å². The number of nitrogens with zero attached hydrogens (tertiary/aromatic N) is 3. The van der Waals surface area contributed by atoms with Crippen molar-refractivity contribution in [1.29, 1.82) is 0 Å². The number of carbonyl (C=O) groups is 1. The zero-order valence-corrected chi connectivity index (χ0v) is 19.0. The van der Waals surface area contributed by atoms with Crippen molar-refractivity contribution in [3.63, 3.8) is 0 Å². The Bertz CT molecular complexity index is 867. The maximum absolute atomic E-state index is 12.6. The number of nitrogens with one attached hydrogen (secondary N) is 2. The van der Waals surface area contributed by atoms with Crippen molar-refractivity contribution in [2.24, 2.45) is 11.7 Å². The average molecular weight is 447 g/mol. The largest absolute Gasteiger partial charge is 0.374 e. The minimum Gasteiger partial charge on any atom is -0.374 e. The fourth-order valence-electron chi connectivity index (χ4n) is 3.52. The van der Waals surface area contributed by atoms with Gasteiger partial charge in [0.25, 0.3) is 0 Å². The van der Waals surface area contributed by atoms with Crippen LogP contribution >= 0.6 is 0 Å². The number of carbonyl (C=O) groups excluding carboxylic acids is 1. The van der Waals surface area contributed by atoms with Gasteiger partial charge in [-0.25, -0.2) is 0 Å². The molecule has 176 valence electrons. The lowest BCUT2D eigenvalue weighted by Gasteiger charge is -2.27. The predicted molar refractivity (Wildman–Crippen MR) is 118 cm³/mol. The van der Waals surface area contributed by atoms with Gasteiger partial charge in [-0.05, 0) is 38.8 Å². The first-order chi connectivity index (χ1) is 15.3. The molecule has 3 atom stereocenters. The number of fused-ring (bicyclic) bond motifs is 1. The van der Waals surface area contributed by atoms with Gasteiger partial charge in [0.2, 0.25) is 12.3 Å². The highest BCUT2D eigenvalue weighted by Gasteiger charge is 2.31. The summed E-state index contributed by atoms with van der Waals surface area (Å²) in [4.78, 5) is 12.6. The molecule has 0 radical (unpaired) electrons. The number of aromatic nitrogens is 3. The van der Waals surface area contributed by atoms with E-state index < -0.39 is 18.0 Å². The van der Waals surface area contributed by atoms with Crippen molar-refractivity contribution in [1.82, 2.24) is 25.4 Å². The molecule has 1 aliphatic heterocycles. The molecule has 1 aliphatic rings. The van der Waals surface area contributed by atoms with E-state index in [9.17, 15) is 9.90 Å². The van der Waals surface area contributed by atoms with Crippen molar-refractivity contribution >= 4 is 5.91 Å². The molecule has 3 rings (SSSR count). The fraction of sp³-hybridized carbons (Fsp3) is 0.591. The number of amides is 1. The summed E-state index contributed by atoms with van der Waals surface area (Å²) in [6.45, 7) is 5.11. The van der Waals surface area contributed by atoms with Gasteiger partial charge in [0, 0.05) is 13.0 Å². The first-order valence-electron chi connectivity index (χ1n) is 10.9. The van der Waals surface area contributed by atoms with Crippen LogP contribution in [0.4, 0.5) is 0 Å². The molecule has 2 unspecified atom stereocenters. The number of hydrogen-bond acceptors (Lipinski definition) is 8. The number of nitrogens with two attached hydrogens (primary N) is 1. The Morgan fingerprint density at radius 2 is 2.09 bits per heavy atom. The molecule has 1 amide bonds. The summed E-state index contributed by atoms with van der Waals surface area (Å²) in [7, 11) is 1.63. The molecule has 0 bridgehead atoms. The number of benzene rings is 1.